The van der Waals surface area contributed by atoms with Gasteiger partial charge in [0.2, 0.25) is 15.9 Å². The van der Waals surface area contributed by atoms with Gasteiger partial charge in [-0.1, -0.05) is 60.7 Å². The molecule has 0 unspecified atom stereocenters. The fourth-order valence-electron chi connectivity index (χ4n) is 5.23. The van der Waals surface area contributed by atoms with Crippen molar-refractivity contribution in [2.75, 3.05) is 37.6 Å². The predicted octanol–water partition coefficient (Wildman–Crippen LogP) is 4.22. The van der Waals surface area contributed by atoms with E-state index in [0.29, 0.717) is 44.0 Å². The maximum atomic E-state index is 13.5. The van der Waals surface area contributed by atoms with Crippen LogP contribution in [0.2, 0.25) is 0 Å². The molecule has 3 aromatic carbocycles. The molecule has 2 aliphatic heterocycles. The van der Waals surface area contributed by atoms with Gasteiger partial charge in [-0.05, 0) is 48.2 Å². The second kappa shape index (κ2) is 9.93. The van der Waals surface area contributed by atoms with E-state index in [4.69, 9.17) is 0 Å². The standard InChI is InChI=1S/C28H31N3O3S/c1-22-21-25(14-15-26(22)31-16-8-13-27(31)32)35(33,34)30-19-17-29(18-20-30)28(23-9-4-2-5-10-23)24-11-6-3-7-12-24/h2-7,9-12,14-15,21,28H,8,13,16-20H2,1H3. The van der Waals surface area contributed by atoms with E-state index < -0.39 is 10.0 Å². The number of hydrogen-bond donors (Lipinski definition) is 0. The number of benzene rings is 3. The summed E-state index contributed by atoms with van der Waals surface area (Å²) in [6.07, 6.45) is 1.40. The van der Waals surface area contributed by atoms with Crippen molar-refractivity contribution in [3.05, 3.63) is 95.6 Å². The van der Waals surface area contributed by atoms with E-state index in [0.717, 1.165) is 17.7 Å². The number of sulfonamides is 1. The van der Waals surface area contributed by atoms with E-state index in [9.17, 15) is 13.2 Å². The Morgan fingerprint density at radius 1 is 0.771 bits per heavy atom. The van der Waals surface area contributed by atoms with Crippen LogP contribution in [-0.4, -0.2) is 56.3 Å². The minimum atomic E-state index is -3.61. The summed E-state index contributed by atoms with van der Waals surface area (Å²) < 4.78 is 28.5. The first-order chi connectivity index (χ1) is 16.9. The lowest BCUT2D eigenvalue weighted by molar-refractivity contribution is -0.117. The van der Waals surface area contributed by atoms with Crippen LogP contribution in [0.1, 0.15) is 35.6 Å². The third-order valence-electron chi connectivity index (χ3n) is 7.04. The topological polar surface area (TPSA) is 60.9 Å². The quantitative estimate of drug-likeness (QED) is 0.520. The summed E-state index contributed by atoms with van der Waals surface area (Å²) in [6.45, 7) is 4.73. The molecule has 0 saturated carbocycles. The molecule has 0 spiro atoms. The number of hydrogen-bond acceptors (Lipinski definition) is 4. The molecule has 3 aromatic rings. The van der Waals surface area contributed by atoms with Gasteiger partial charge in [0.1, 0.15) is 0 Å². The highest BCUT2D eigenvalue weighted by Crippen LogP contribution is 2.32. The summed E-state index contributed by atoms with van der Waals surface area (Å²) in [4.78, 5) is 16.6. The molecule has 6 nitrogen and oxygen atoms in total. The first kappa shape index (κ1) is 23.7. The van der Waals surface area contributed by atoms with Gasteiger partial charge in [0.25, 0.3) is 0 Å². The van der Waals surface area contributed by atoms with Crippen LogP contribution in [0, 0.1) is 6.92 Å². The number of rotatable bonds is 6. The highest BCUT2D eigenvalue weighted by atomic mass is 32.2. The fourth-order valence-corrected chi connectivity index (χ4v) is 6.74. The highest BCUT2D eigenvalue weighted by molar-refractivity contribution is 7.89. The van der Waals surface area contributed by atoms with E-state index in [-0.39, 0.29) is 11.9 Å². The SMILES string of the molecule is Cc1cc(S(=O)(=O)N2CCN(C(c3ccccc3)c3ccccc3)CC2)ccc1N1CCCC1=O. The van der Waals surface area contributed by atoms with Crippen molar-refractivity contribution in [3.8, 4) is 0 Å². The second-order valence-corrected chi connectivity index (χ2v) is 11.2. The molecule has 0 N–H and O–H groups in total. The lowest BCUT2D eigenvalue weighted by atomic mass is 9.96. The van der Waals surface area contributed by atoms with E-state index in [1.54, 1.807) is 27.4 Å². The van der Waals surface area contributed by atoms with E-state index in [1.807, 2.05) is 43.3 Å². The molecule has 2 saturated heterocycles. The largest absolute Gasteiger partial charge is 0.312 e. The molecule has 35 heavy (non-hydrogen) atoms. The lowest BCUT2D eigenvalue weighted by Crippen LogP contribution is -2.49. The third kappa shape index (κ3) is 4.76. The maximum Gasteiger partial charge on any atom is 0.243 e. The average molecular weight is 490 g/mol. The zero-order chi connectivity index (χ0) is 24.4. The van der Waals surface area contributed by atoms with E-state index >= 15 is 0 Å². The van der Waals surface area contributed by atoms with Crippen molar-refractivity contribution >= 4 is 21.6 Å². The summed E-state index contributed by atoms with van der Waals surface area (Å²) in [5, 5.41) is 0. The summed E-state index contributed by atoms with van der Waals surface area (Å²) in [5.74, 6) is 0.103. The average Bonchev–Trinajstić information content (AvgIpc) is 3.31. The van der Waals surface area contributed by atoms with Crippen LogP contribution in [0.25, 0.3) is 0 Å². The summed E-state index contributed by atoms with van der Waals surface area (Å²) in [5.41, 5.74) is 4.04. The smallest absolute Gasteiger partial charge is 0.243 e. The normalized spacial score (nSPS) is 17.9. The van der Waals surface area contributed by atoms with Crippen LogP contribution in [0.3, 0.4) is 0 Å². The molecule has 182 valence electrons. The minimum absolute atomic E-state index is 0.0850. The third-order valence-corrected chi connectivity index (χ3v) is 8.93. The van der Waals surface area contributed by atoms with Crippen molar-refractivity contribution in [1.29, 1.82) is 0 Å². The molecule has 1 amide bonds. The molecule has 2 heterocycles. The van der Waals surface area contributed by atoms with Crippen molar-refractivity contribution in [2.24, 2.45) is 0 Å². The number of nitrogens with zero attached hydrogens (tertiary/aromatic N) is 3. The van der Waals surface area contributed by atoms with Crippen LogP contribution >= 0.6 is 0 Å². The summed E-state index contributed by atoms with van der Waals surface area (Å²) in [6, 6.07) is 26.0. The van der Waals surface area contributed by atoms with Gasteiger partial charge in [0, 0.05) is 44.8 Å². The Morgan fingerprint density at radius 2 is 1.37 bits per heavy atom. The highest BCUT2D eigenvalue weighted by Gasteiger charge is 2.33. The minimum Gasteiger partial charge on any atom is -0.312 e. The van der Waals surface area contributed by atoms with Crippen LogP contribution in [0.5, 0.6) is 0 Å². The number of carbonyl (C=O) groups is 1. The Hall–Kier alpha value is -3.00. The van der Waals surface area contributed by atoms with Gasteiger partial charge in [-0.2, -0.15) is 4.31 Å². The number of amides is 1. The first-order valence-electron chi connectivity index (χ1n) is 12.2. The Kier molecular flexibility index (Phi) is 6.73. The van der Waals surface area contributed by atoms with Gasteiger partial charge < -0.3 is 4.90 Å². The van der Waals surface area contributed by atoms with Crippen LogP contribution in [0.15, 0.2) is 83.8 Å². The fraction of sp³-hybridized carbons (Fsp3) is 0.321. The van der Waals surface area contributed by atoms with Gasteiger partial charge in [-0.25, -0.2) is 8.42 Å². The monoisotopic (exact) mass is 489 g/mol. The number of piperazine rings is 1. The molecule has 5 rings (SSSR count). The number of aryl methyl sites for hydroxylation is 1. The Labute approximate surface area is 207 Å². The van der Waals surface area contributed by atoms with Gasteiger partial charge in [-0.15, -0.1) is 0 Å². The van der Waals surface area contributed by atoms with Gasteiger partial charge in [0.15, 0.2) is 0 Å². The van der Waals surface area contributed by atoms with Crippen molar-refractivity contribution in [3.63, 3.8) is 0 Å². The summed E-state index contributed by atoms with van der Waals surface area (Å²) >= 11 is 0. The zero-order valence-electron chi connectivity index (χ0n) is 20.0. The maximum absolute atomic E-state index is 13.5. The predicted molar refractivity (Wildman–Crippen MR) is 138 cm³/mol. The van der Waals surface area contributed by atoms with E-state index in [1.165, 1.54) is 11.1 Å². The van der Waals surface area contributed by atoms with Gasteiger partial charge in [-0.3, -0.25) is 9.69 Å². The molecule has 7 heteroatoms. The molecule has 0 aromatic heterocycles. The molecule has 0 aliphatic carbocycles. The Bertz CT molecular complexity index is 1250. The Balaban J connectivity index is 1.34. The van der Waals surface area contributed by atoms with Gasteiger partial charge in [0.05, 0.1) is 10.9 Å². The molecule has 0 radical (unpaired) electrons. The first-order valence-corrected chi connectivity index (χ1v) is 13.6. The number of anilines is 1. The summed E-state index contributed by atoms with van der Waals surface area (Å²) in [7, 11) is -3.61. The lowest BCUT2D eigenvalue weighted by Gasteiger charge is -2.39. The Morgan fingerprint density at radius 3 is 1.89 bits per heavy atom. The van der Waals surface area contributed by atoms with Crippen LogP contribution in [-0.2, 0) is 14.8 Å². The van der Waals surface area contributed by atoms with Crippen molar-refractivity contribution in [2.45, 2.75) is 30.7 Å². The van der Waals surface area contributed by atoms with Crippen molar-refractivity contribution in [1.82, 2.24) is 9.21 Å². The van der Waals surface area contributed by atoms with Crippen LogP contribution in [0.4, 0.5) is 5.69 Å². The molecule has 2 fully saturated rings. The molecule has 2 aliphatic rings. The second-order valence-electron chi connectivity index (χ2n) is 9.26. The zero-order valence-corrected chi connectivity index (χ0v) is 20.8. The van der Waals surface area contributed by atoms with Crippen molar-refractivity contribution < 1.29 is 13.2 Å². The number of carbonyl (C=O) groups excluding carboxylic acids is 1. The van der Waals surface area contributed by atoms with E-state index in [2.05, 4.69) is 29.2 Å². The van der Waals surface area contributed by atoms with Crippen LogP contribution < -0.4 is 4.90 Å². The molecular formula is C28H31N3O3S. The molecule has 0 atom stereocenters. The molecule has 0 bridgehead atoms. The molecular weight excluding hydrogens is 458 g/mol. The van der Waals surface area contributed by atoms with Gasteiger partial charge >= 0.3 is 0 Å².